The van der Waals surface area contributed by atoms with Crippen molar-refractivity contribution in [2.75, 3.05) is 10.6 Å². The molecule has 11 heteroatoms. The summed E-state index contributed by atoms with van der Waals surface area (Å²) in [6.45, 7) is 3.12. The van der Waals surface area contributed by atoms with Gasteiger partial charge in [-0.05, 0) is 62.4 Å². The number of hydrogen-bond acceptors (Lipinski definition) is 5. The minimum Gasteiger partial charge on any atom is -0.479 e. The summed E-state index contributed by atoms with van der Waals surface area (Å²) in [6.07, 6.45) is -1.76. The fraction of sp³-hybridized carbons (Fsp3) is 0.174. The highest BCUT2D eigenvalue weighted by Gasteiger charge is 2.19. The lowest BCUT2D eigenvalue weighted by Crippen LogP contribution is -2.31. The maximum atomic E-state index is 12.5. The van der Waals surface area contributed by atoms with Crippen LogP contribution in [-0.2, 0) is 9.59 Å². The van der Waals surface area contributed by atoms with Crippen LogP contribution in [0.1, 0.15) is 13.8 Å². The SMILES string of the molecule is C[C@H](Oc1ccc(Cl)cc1Cl)C(=O)Nc1cccc(NC(=O)[C@@H](C)Oc2ccc(Cl)cc2Cl)n1. The molecule has 0 aliphatic heterocycles. The van der Waals surface area contributed by atoms with E-state index < -0.39 is 24.0 Å². The Morgan fingerprint density at radius 1 is 0.735 bits per heavy atom. The number of benzene rings is 2. The fourth-order valence-electron chi connectivity index (χ4n) is 2.66. The first-order valence-electron chi connectivity index (χ1n) is 9.94. The smallest absolute Gasteiger partial charge is 0.266 e. The van der Waals surface area contributed by atoms with E-state index in [0.29, 0.717) is 21.5 Å². The molecule has 0 spiro atoms. The monoisotopic (exact) mass is 541 g/mol. The van der Waals surface area contributed by atoms with Gasteiger partial charge in [-0.1, -0.05) is 52.5 Å². The van der Waals surface area contributed by atoms with Crippen LogP contribution in [0.5, 0.6) is 11.5 Å². The van der Waals surface area contributed by atoms with Crippen LogP contribution in [0.3, 0.4) is 0 Å². The largest absolute Gasteiger partial charge is 0.479 e. The Hall–Kier alpha value is -2.71. The van der Waals surface area contributed by atoms with Gasteiger partial charge in [0, 0.05) is 10.0 Å². The Bertz CT molecular complexity index is 1120. The van der Waals surface area contributed by atoms with E-state index >= 15 is 0 Å². The summed E-state index contributed by atoms with van der Waals surface area (Å²) in [5, 5.41) is 6.73. The van der Waals surface area contributed by atoms with Gasteiger partial charge in [0.2, 0.25) is 0 Å². The third-order valence-electron chi connectivity index (χ3n) is 4.39. The van der Waals surface area contributed by atoms with Gasteiger partial charge in [0.05, 0.1) is 10.0 Å². The van der Waals surface area contributed by atoms with Crippen molar-refractivity contribution < 1.29 is 19.1 Å². The minimum absolute atomic E-state index is 0.217. The standard InChI is InChI=1S/C23H19Cl4N3O4/c1-12(33-18-8-6-14(24)10-16(18)26)22(31)29-20-4-3-5-21(28-20)30-23(32)13(2)34-19-9-7-15(25)11-17(19)27/h3-13H,1-2H3,(H2,28,29,30,31,32)/t12-,13+. The topological polar surface area (TPSA) is 89.6 Å². The first-order valence-corrected chi connectivity index (χ1v) is 11.5. The zero-order chi connectivity index (χ0) is 24.8. The van der Waals surface area contributed by atoms with Crippen molar-refractivity contribution in [3.05, 3.63) is 74.7 Å². The second kappa shape index (κ2) is 11.6. The molecule has 1 aromatic heterocycles. The number of halogens is 4. The predicted molar refractivity (Wildman–Crippen MR) is 135 cm³/mol. The average Bonchev–Trinajstić information content (AvgIpc) is 2.77. The van der Waals surface area contributed by atoms with Crippen LogP contribution in [0.4, 0.5) is 11.6 Å². The van der Waals surface area contributed by atoms with E-state index in [2.05, 4.69) is 15.6 Å². The first kappa shape index (κ1) is 25.9. The van der Waals surface area contributed by atoms with Crippen LogP contribution in [0.25, 0.3) is 0 Å². The molecule has 2 atom stereocenters. The van der Waals surface area contributed by atoms with Crippen LogP contribution >= 0.6 is 46.4 Å². The highest BCUT2D eigenvalue weighted by Crippen LogP contribution is 2.29. The molecule has 3 rings (SSSR count). The van der Waals surface area contributed by atoms with Crippen LogP contribution < -0.4 is 20.1 Å². The summed E-state index contributed by atoms with van der Waals surface area (Å²) in [6, 6.07) is 14.2. The van der Waals surface area contributed by atoms with Crippen molar-refractivity contribution in [3.63, 3.8) is 0 Å². The molecule has 1 heterocycles. The summed E-state index contributed by atoms with van der Waals surface area (Å²) in [7, 11) is 0. The number of anilines is 2. The molecule has 2 aromatic carbocycles. The number of nitrogens with zero attached hydrogens (tertiary/aromatic N) is 1. The zero-order valence-corrected chi connectivity index (χ0v) is 21.0. The molecule has 7 nitrogen and oxygen atoms in total. The average molecular weight is 543 g/mol. The number of hydrogen-bond donors (Lipinski definition) is 2. The molecule has 0 aliphatic carbocycles. The molecule has 0 fully saturated rings. The molecule has 0 saturated heterocycles. The number of carbonyl (C=O) groups excluding carboxylic acids is 2. The Morgan fingerprint density at radius 3 is 1.53 bits per heavy atom. The molecule has 0 radical (unpaired) electrons. The fourth-order valence-corrected chi connectivity index (χ4v) is 3.57. The van der Waals surface area contributed by atoms with Gasteiger partial charge in [-0.15, -0.1) is 0 Å². The zero-order valence-electron chi connectivity index (χ0n) is 17.9. The number of pyridine rings is 1. The summed E-state index contributed by atoms with van der Waals surface area (Å²) >= 11 is 23.9. The van der Waals surface area contributed by atoms with Crippen LogP contribution in [0, 0.1) is 0 Å². The molecule has 3 aromatic rings. The summed E-state index contributed by atoms with van der Waals surface area (Å²) in [5.74, 6) is 0.145. The normalized spacial score (nSPS) is 12.4. The molecule has 0 unspecified atom stereocenters. The third-order valence-corrected chi connectivity index (χ3v) is 5.45. The van der Waals surface area contributed by atoms with E-state index in [-0.39, 0.29) is 21.7 Å². The van der Waals surface area contributed by atoms with E-state index in [9.17, 15) is 9.59 Å². The first-order chi connectivity index (χ1) is 16.1. The molecule has 2 N–H and O–H groups in total. The van der Waals surface area contributed by atoms with Crippen LogP contribution in [0.15, 0.2) is 54.6 Å². The van der Waals surface area contributed by atoms with E-state index in [1.165, 1.54) is 12.1 Å². The quantitative estimate of drug-likeness (QED) is 0.339. The van der Waals surface area contributed by atoms with Crippen molar-refractivity contribution >= 4 is 69.9 Å². The maximum Gasteiger partial charge on any atom is 0.266 e. The predicted octanol–water partition coefficient (Wildman–Crippen LogP) is 6.51. The molecule has 0 bridgehead atoms. The number of aromatic nitrogens is 1. The second-order valence-electron chi connectivity index (χ2n) is 7.06. The molecule has 0 aliphatic rings. The van der Waals surface area contributed by atoms with E-state index in [1.807, 2.05) is 0 Å². The second-order valence-corrected chi connectivity index (χ2v) is 8.74. The number of nitrogens with one attached hydrogen (secondary N) is 2. The lowest BCUT2D eigenvalue weighted by Gasteiger charge is -2.17. The van der Waals surface area contributed by atoms with Gasteiger partial charge in [0.1, 0.15) is 23.1 Å². The van der Waals surface area contributed by atoms with Gasteiger partial charge in [-0.2, -0.15) is 0 Å². The summed E-state index contributed by atoms with van der Waals surface area (Å²) in [5.41, 5.74) is 0. The van der Waals surface area contributed by atoms with Gasteiger partial charge >= 0.3 is 0 Å². The van der Waals surface area contributed by atoms with Crippen molar-refractivity contribution in [2.24, 2.45) is 0 Å². The number of carbonyl (C=O) groups is 2. The minimum atomic E-state index is -0.878. The number of amides is 2. The van der Waals surface area contributed by atoms with Crippen molar-refractivity contribution in [3.8, 4) is 11.5 Å². The molecular weight excluding hydrogens is 524 g/mol. The highest BCUT2D eigenvalue weighted by atomic mass is 35.5. The van der Waals surface area contributed by atoms with E-state index in [1.54, 1.807) is 56.3 Å². The van der Waals surface area contributed by atoms with Crippen molar-refractivity contribution in [1.82, 2.24) is 4.98 Å². The van der Waals surface area contributed by atoms with Gasteiger partial charge in [0.25, 0.3) is 11.8 Å². The highest BCUT2D eigenvalue weighted by molar-refractivity contribution is 6.36. The lowest BCUT2D eigenvalue weighted by atomic mass is 10.3. The maximum absolute atomic E-state index is 12.5. The Labute approximate surface area is 216 Å². The van der Waals surface area contributed by atoms with Crippen LogP contribution in [-0.4, -0.2) is 29.0 Å². The van der Waals surface area contributed by atoms with E-state index in [0.717, 1.165) is 0 Å². The molecule has 34 heavy (non-hydrogen) atoms. The van der Waals surface area contributed by atoms with Crippen molar-refractivity contribution in [1.29, 1.82) is 0 Å². The Balaban J connectivity index is 1.59. The van der Waals surface area contributed by atoms with E-state index in [4.69, 9.17) is 55.9 Å². The van der Waals surface area contributed by atoms with Gasteiger partial charge in [0.15, 0.2) is 12.2 Å². The Kier molecular flexibility index (Phi) is 8.85. The third kappa shape index (κ3) is 7.14. The van der Waals surface area contributed by atoms with Gasteiger partial charge in [-0.3, -0.25) is 9.59 Å². The van der Waals surface area contributed by atoms with Crippen molar-refractivity contribution in [2.45, 2.75) is 26.1 Å². The molecule has 2 amide bonds. The number of rotatable bonds is 8. The van der Waals surface area contributed by atoms with Gasteiger partial charge < -0.3 is 20.1 Å². The summed E-state index contributed by atoms with van der Waals surface area (Å²) < 4.78 is 11.2. The molecular formula is C23H19Cl4N3O4. The Morgan fingerprint density at radius 2 is 1.15 bits per heavy atom. The lowest BCUT2D eigenvalue weighted by molar-refractivity contribution is -0.122. The van der Waals surface area contributed by atoms with Gasteiger partial charge in [-0.25, -0.2) is 4.98 Å². The summed E-state index contributed by atoms with van der Waals surface area (Å²) in [4.78, 5) is 29.3. The molecule has 178 valence electrons. The number of ether oxygens (including phenoxy) is 2. The van der Waals surface area contributed by atoms with Crippen LogP contribution in [0.2, 0.25) is 20.1 Å². The molecule has 0 saturated carbocycles.